The molecule has 4 heterocycles. The Morgan fingerprint density at radius 1 is 1.20 bits per heavy atom. The van der Waals surface area contributed by atoms with Crippen LogP contribution in [0.2, 0.25) is 5.15 Å². The first-order chi connectivity index (χ1) is 19.0. The van der Waals surface area contributed by atoms with Gasteiger partial charge in [0, 0.05) is 38.4 Å². The number of alkyl halides is 3. The number of aliphatic hydroxyl groups is 1. The largest absolute Gasteiger partial charge is 0.413 e. The van der Waals surface area contributed by atoms with E-state index >= 15 is 0 Å². The SMILES string of the molecule is CN(C(=O)[C@@H]1CCN(C(=O)C2(O)CC2)C1)[C@@H](c1ccc(N2CCCc3c2cnc2cc(Cl)nn32)cc1)C(F)(F)F. The fourth-order valence-electron chi connectivity index (χ4n) is 5.85. The number of likely N-dealkylation sites (tertiary alicyclic amines) is 1. The minimum absolute atomic E-state index is 0.00493. The molecule has 0 spiro atoms. The summed E-state index contributed by atoms with van der Waals surface area (Å²) < 4.78 is 44.7. The van der Waals surface area contributed by atoms with E-state index < -0.39 is 35.6 Å². The quantitative estimate of drug-likeness (QED) is 0.495. The molecule has 2 atom stereocenters. The van der Waals surface area contributed by atoms with Crippen molar-refractivity contribution >= 4 is 40.4 Å². The number of carbonyl (C=O) groups is 2. The monoisotopic (exact) mass is 576 g/mol. The summed E-state index contributed by atoms with van der Waals surface area (Å²) in [6.07, 6.45) is -0.428. The molecule has 2 fully saturated rings. The van der Waals surface area contributed by atoms with Gasteiger partial charge in [-0.2, -0.15) is 18.3 Å². The van der Waals surface area contributed by atoms with Crippen molar-refractivity contribution in [3.63, 3.8) is 0 Å². The van der Waals surface area contributed by atoms with E-state index in [2.05, 4.69) is 10.1 Å². The van der Waals surface area contributed by atoms with E-state index in [0.717, 1.165) is 36.2 Å². The van der Waals surface area contributed by atoms with Gasteiger partial charge >= 0.3 is 6.18 Å². The number of halogens is 4. The molecule has 212 valence electrons. The average molecular weight is 577 g/mol. The number of nitrogens with zero attached hydrogens (tertiary/aromatic N) is 6. The zero-order valence-electron chi connectivity index (χ0n) is 21.7. The van der Waals surface area contributed by atoms with Crippen LogP contribution in [-0.4, -0.2) is 79.8 Å². The second-order valence-electron chi connectivity index (χ2n) is 10.8. The Hall–Kier alpha value is -3.38. The topological polar surface area (TPSA) is 94.3 Å². The van der Waals surface area contributed by atoms with E-state index in [1.807, 2.05) is 4.90 Å². The lowest BCUT2D eigenvalue weighted by molar-refractivity contribution is -0.190. The third kappa shape index (κ3) is 4.66. The molecule has 0 bridgehead atoms. The van der Waals surface area contributed by atoms with Crippen LogP contribution in [0.1, 0.15) is 43.0 Å². The number of amides is 2. The van der Waals surface area contributed by atoms with Gasteiger partial charge in [-0.05, 0) is 49.8 Å². The van der Waals surface area contributed by atoms with E-state index in [0.29, 0.717) is 35.9 Å². The molecule has 6 rings (SSSR count). The number of benzene rings is 1. The van der Waals surface area contributed by atoms with E-state index in [1.165, 1.54) is 17.0 Å². The minimum Gasteiger partial charge on any atom is -0.380 e. The first-order valence-corrected chi connectivity index (χ1v) is 13.6. The molecule has 0 radical (unpaired) electrons. The average Bonchev–Trinajstić information content (AvgIpc) is 3.31. The van der Waals surface area contributed by atoms with Gasteiger partial charge in [0.15, 0.2) is 16.8 Å². The molecule has 1 N–H and O–H groups in total. The molecule has 2 aliphatic heterocycles. The van der Waals surface area contributed by atoms with Gasteiger partial charge in [0.1, 0.15) is 5.60 Å². The second-order valence-corrected chi connectivity index (χ2v) is 11.2. The van der Waals surface area contributed by atoms with Gasteiger partial charge in [-0.3, -0.25) is 9.59 Å². The molecule has 2 aromatic heterocycles. The van der Waals surface area contributed by atoms with Gasteiger partial charge in [0.25, 0.3) is 5.91 Å². The van der Waals surface area contributed by atoms with Crippen molar-refractivity contribution in [2.45, 2.75) is 49.9 Å². The standard InChI is InChI=1S/C27H28ClF3N6O3/c1-34(24(38)17-8-12-35(15-17)25(39)26(40)9-10-26)23(27(29,30)31)16-4-6-18(7-5-16)36-11-2-3-19-20(36)14-32-22-13-21(28)33-37(19)22/h4-7,13-14,17,23,40H,2-3,8-12,15H2,1H3/t17-,23+/m1/s1. The maximum Gasteiger partial charge on any atom is 0.413 e. The van der Waals surface area contributed by atoms with Crippen molar-refractivity contribution < 1.29 is 27.9 Å². The van der Waals surface area contributed by atoms with Gasteiger partial charge in [-0.1, -0.05) is 23.7 Å². The maximum absolute atomic E-state index is 14.3. The van der Waals surface area contributed by atoms with Crippen LogP contribution >= 0.6 is 11.6 Å². The lowest BCUT2D eigenvalue weighted by atomic mass is 10.0. The maximum atomic E-state index is 14.3. The van der Waals surface area contributed by atoms with Crippen molar-refractivity contribution in [1.82, 2.24) is 24.4 Å². The Bertz CT molecular complexity index is 1470. The lowest BCUT2D eigenvalue weighted by Crippen LogP contribution is -2.44. The molecule has 1 aliphatic carbocycles. The van der Waals surface area contributed by atoms with Crippen molar-refractivity contribution in [3.8, 4) is 0 Å². The van der Waals surface area contributed by atoms with Crippen LogP contribution in [0, 0.1) is 5.92 Å². The summed E-state index contributed by atoms with van der Waals surface area (Å²) in [7, 11) is 1.15. The van der Waals surface area contributed by atoms with E-state index in [1.54, 1.807) is 28.9 Å². The highest BCUT2D eigenvalue weighted by Gasteiger charge is 2.52. The highest BCUT2D eigenvalue weighted by atomic mass is 35.5. The molecular formula is C27H28ClF3N6O3. The van der Waals surface area contributed by atoms with Crippen molar-refractivity contribution in [3.05, 3.63) is 52.9 Å². The molecule has 9 nitrogen and oxygen atoms in total. The summed E-state index contributed by atoms with van der Waals surface area (Å²) in [6, 6.07) is 5.56. The molecular weight excluding hydrogens is 549 g/mol. The summed E-state index contributed by atoms with van der Waals surface area (Å²) in [5.41, 5.74) is 1.62. The fourth-order valence-corrected chi connectivity index (χ4v) is 6.03. The van der Waals surface area contributed by atoms with Crippen molar-refractivity contribution in [2.75, 3.05) is 31.6 Å². The number of fused-ring (bicyclic) bond motifs is 3. The highest BCUT2D eigenvalue weighted by molar-refractivity contribution is 6.29. The Kier molecular flexibility index (Phi) is 6.45. The first-order valence-electron chi connectivity index (χ1n) is 13.2. The summed E-state index contributed by atoms with van der Waals surface area (Å²) in [5, 5.41) is 14.7. The van der Waals surface area contributed by atoms with Crippen LogP contribution in [0.4, 0.5) is 24.5 Å². The number of hydrogen-bond acceptors (Lipinski definition) is 6. The smallest absolute Gasteiger partial charge is 0.380 e. The predicted octanol–water partition coefficient (Wildman–Crippen LogP) is 3.90. The zero-order chi connectivity index (χ0) is 28.4. The summed E-state index contributed by atoms with van der Waals surface area (Å²) in [5.74, 6) is -1.88. The predicted molar refractivity (Wildman–Crippen MR) is 140 cm³/mol. The van der Waals surface area contributed by atoms with Crippen LogP contribution < -0.4 is 4.90 Å². The van der Waals surface area contributed by atoms with Gasteiger partial charge in [-0.15, -0.1) is 0 Å². The van der Waals surface area contributed by atoms with Crippen LogP contribution in [0.5, 0.6) is 0 Å². The van der Waals surface area contributed by atoms with Gasteiger partial charge < -0.3 is 19.8 Å². The molecule has 13 heteroatoms. The molecule has 1 saturated carbocycles. The van der Waals surface area contributed by atoms with Crippen molar-refractivity contribution in [1.29, 1.82) is 0 Å². The molecule has 1 saturated heterocycles. The number of aromatic nitrogens is 3. The molecule has 0 unspecified atom stereocenters. The van der Waals surface area contributed by atoms with Gasteiger partial charge in [-0.25, -0.2) is 9.50 Å². The minimum atomic E-state index is -4.71. The Morgan fingerprint density at radius 2 is 1.93 bits per heavy atom. The van der Waals surface area contributed by atoms with E-state index in [9.17, 15) is 27.9 Å². The Morgan fingerprint density at radius 3 is 2.60 bits per heavy atom. The van der Waals surface area contributed by atoms with Crippen molar-refractivity contribution in [2.24, 2.45) is 5.92 Å². The van der Waals surface area contributed by atoms with Gasteiger partial charge in [0.05, 0.1) is 23.5 Å². The van der Waals surface area contributed by atoms with Gasteiger partial charge in [0.2, 0.25) is 5.91 Å². The Labute approximate surface area is 233 Å². The lowest BCUT2D eigenvalue weighted by Gasteiger charge is -2.33. The normalized spacial score (nSPS) is 20.9. The second kappa shape index (κ2) is 9.62. The number of rotatable bonds is 5. The number of aryl methyl sites for hydroxylation is 1. The van der Waals surface area contributed by atoms with E-state index in [4.69, 9.17) is 11.6 Å². The molecule has 40 heavy (non-hydrogen) atoms. The van der Waals surface area contributed by atoms with Crippen LogP contribution in [0.3, 0.4) is 0 Å². The third-order valence-electron chi connectivity index (χ3n) is 8.13. The van der Waals surface area contributed by atoms with Crippen LogP contribution in [-0.2, 0) is 16.0 Å². The number of hydrogen-bond donors (Lipinski definition) is 1. The molecule has 3 aromatic rings. The summed E-state index contributed by atoms with van der Waals surface area (Å²) >= 11 is 6.06. The molecule has 1 aromatic carbocycles. The zero-order valence-corrected chi connectivity index (χ0v) is 22.5. The van der Waals surface area contributed by atoms with E-state index in [-0.39, 0.29) is 25.1 Å². The molecule has 2 amide bonds. The third-order valence-corrected chi connectivity index (χ3v) is 8.31. The first kappa shape index (κ1) is 26.8. The molecule has 3 aliphatic rings. The van der Waals surface area contributed by atoms with Crippen LogP contribution in [0.15, 0.2) is 36.5 Å². The summed E-state index contributed by atoms with van der Waals surface area (Å²) in [6.45, 7) is 0.895. The fraction of sp³-hybridized carbons (Fsp3) is 0.481. The number of anilines is 2. The summed E-state index contributed by atoms with van der Waals surface area (Å²) in [4.78, 5) is 34.2. The highest BCUT2D eigenvalue weighted by Crippen LogP contribution is 2.41. The van der Waals surface area contributed by atoms with Crippen LogP contribution in [0.25, 0.3) is 5.65 Å². The Balaban J connectivity index is 1.22. The number of carbonyl (C=O) groups excluding carboxylic acids is 2.